The molecule has 0 spiro atoms. The Hall–Kier alpha value is -2.08. The Bertz CT molecular complexity index is 672. The smallest absolute Gasteiger partial charge is 0.258 e. The molecule has 23 heavy (non-hydrogen) atoms. The Morgan fingerprint density at radius 2 is 2.17 bits per heavy atom. The number of methoxy groups -OCH3 is 2. The van der Waals surface area contributed by atoms with Crippen LogP contribution < -0.4 is 9.47 Å². The lowest BCUT2D eigenvalue weighted by atomic mass is 10.0. The van der Waals surface area contributed by atoms with Crippen LogP contribution in [0.25, 0.3) is 0 Å². The average molecular weight is 332 g/mol. The Labute approximate surface area is 139 Å². The quantitative estimate of drug-likeness (QED) is 0.859. The molecule has 6 heteroatoms. The Kier molecular flexibility index (Phi) is 4.81. The number of hydrogen-bond donors (Lipinski definition) is 0. The fourth-order valence-electron chi connectivity index (χ4n) is 3.04. The van der Waals surface area contributed by atoms with Crippen molar-refractivity contribution in [2.45, 2.75) is 25.3 Å². The number of ether oxygens (including phenoxy) is 2. The van der Waals surface area contributed by atoms with Crippen molar-refractivity contribution in [1.82, 2.24) is 9.88 Å². The summed E-state index contributed by atoms with van der Waals surface area (Å²) in [5, 5.41) is 2.96. The van der Waals surface area contributed by atoms with E-state index in [1.807, 2.05) is 16.3 Å². The fraction of sp³-hybridized carbons (Fsp3) is 0.412. The average Bonchev–Trinajstić information content (AvgIpc) is 3.14. The highest BCUT2D eigenvalue weighted by Crippen LogP contribution is 2.37. The molecule has 2 aromatic rings. The highest BCUT2D eigenvalue weighted by atomic mass is 32.1. The Morgan fingerprint density at radius 1 is 1.30 bits per heavy atom. The van der Waals surface area contributed by atoms with Crippen molar-refractivity contribution in [3.05, 3.63) is 40.3 Å². The molecule has 3 rings (SSSR count). The van der Waals surface area contributed by atoms with E-state index in [2.05, 4.69) is 4.98 Å². The van der Waals surface area contributed by atoms with Crippen LogP contribution in [0.5, 0.6) is 11.5 Å². The van der Waals surface area contributed by atoms with Gasteiger partial charge < -0.3 is 14.4 Å². The van der Waals surface area contributed by atoms with Crippen LogP contribution in [0.4, 0.5) is 0 Å². The lowest BCUT2D eigenvalue weighted by Gasteiger charge is -2.35. The molecular formula is C17H20N2O3S. The lowest BCUT2D eigenvalue weighted by Crippen LogP contribution is -2.38. The molecule has 2 heterocycles. The first-order valence-corrected chi connectivity index (χ1v) is 8.55. The van der Waals surface area contributed by atoms with Crippen molar-refractivity contribution in [3.8, 4) is 11.5 Å². The number of aromatic nitrogens is 1. The molecule has 1 amide bonds. The first kappa shape index (κ1) is 15.8. The number of para-hydroxylation sites is 1. The highest BCUT2D eigenvalue weighted by molar-refractivity contribution is 7.09. The summed E-state index contributed by atoms with van der Waals surface area (Å²) in [6.45, 7) is 0.740. The van der Waals surface area contributed by atoms with E-state index in [1.165, 1.54) is 0 Å². The molecule has 1 aromatic carbocycles. The van der Waals surface area contributed by atoms with Gasteiger partial charge in [0, 0.05) is 18.1 Å². The molecule has 0 radical (unpaired) electrons. The summed E-state index contributed by atoms with van der Waals surface area (Å²) >= 11 is 1.60. The molecule has 122 valence electrons. The molecule has 1 aliphatic rings. The van der Waals surface area contributed by atoms with Gasteiger partial charge in [-0.1, -0.05) is 6.07 Å². The molecule has 0 unspecified atom stereocenters. The van der Waals surface area contributed by atoms with Crippen LogP contribution in [0.1, 0.15) is 40.7 Å². The van der Waals surface area contributed by atoms with Crippen molar-refractivity contribution in [2.24, 2.45) is 0 Å². The molecule has 1 fully saturated rings. The maximum atomic E-state index is 13.1. The minimum Gasteiger partial charge on any atom is -0.493 e. The molecule has 0 N–H and O–H groups in total. The largest absolute Gasteiger partial charge is 0.493 e. The van der Waals surface area contributed by atoms with Gasteiger partial charge in [0.25, 0.3) is 5.91 Å². The third-order valence-corrected chi connectivity index (χ3v) is 5.01. The van der Waals surface area contributed by atoms with E-state index in [1.54, 1.807) is 43.9 Å². The molecule has 0 saturated carbocycles. The number of piperidine rings is 1. The first-order valence-electron chi connectivity index (χ1n) is 7.67. The number of rotatable bonds is 4. The van der Waals surface area contributed by atoms with E-state index in [4.69, 9.17) is 9.47 Å². The zero-order valence-corrected chi connectivity index (χ0v) is 14.1. The molecular weight excluding hydrogens is 312 g/mol. The number of nitrogens with zero attached hydrogens (tertiary/aromatic N) is 2. The van der Waals surface area contributed by atoms with Crippen LogP contribution in [0.3, 0.4) is 0 Å². The van der Waals surface area contributed by atoms with Gasteiger partial charge in [-0.15, -0.1) is 11.3 Å². The van der Waals surface area contributed by atoms with Gasteiger partial charge >= 0.3 is 0 Å². The van der Waals surface area contributed by atoms with Crippen LogP contribution in [-0.4, -0.2) is 36.6 Å². The third-order valence-electron chi connectivity index (χ3n) is 4.13. The summed E-state index contributed by atoms with van der Waals surface area (Å²) in [4.78, 5) is 19.4. The van der Waals surface area contributed by atoms with Gasteiger partial charge in [0.05, 0.1) is 25.8 Å². The summed E-state index contributed by atoms with van der Waals surface area (Å²) in [5.41, 5.74) is 0.537. The number of likely N-dealkylation sites (tertiary alicyclic amines) is 1. The van der Waals surface area contributed by atoms with Crippen LogP contribution in [0.15, 0.2) is 29.8 Å². The number of carbonyl (C=O) groups excluding carboxylic acids is 1. The molecule has 0 bridgehead atoms. The van der Waals surface area contributed by atoms with Crippen LogP contribution in [0.2, 0.25) is 0 Å². The summed E-state index contributed by atoms with van der Waals surface area (Å²) < 4.78 is 10.7. The van der Waals surface area contributed by atoms with E-state index in [0.717, 1.165) is 30.8 Å². The van der Waals surface area contributed by atoms with Crippen molar-refractivity contribution in [1.29, 1.82) is 0 Å². The predicted molar refractivity (Wildman–Crippen MR) is 89.3 cm³/mol. The zero-order chi connectivity index (χ0) is 16.2. The number of hydrogen-bond acceptors (Lipinski definition) is 5. The van der Waals surface area contributed by atoms with Crippen LogP contribution >= 0.6 is 11.3 Å². The summed E-state index contributed by atoms with van der Waals surface area (Å²) in [6, 6.07) is 5.45. The standard InChI is InChI=1S/C17H20N2O3S/c1-21-14-8-5-6-12(15(14)22-2)17(20)19-10-4-3-7-13(19)16-18-9-11-23-16/h5-6,8-9,11,13H,3-4,7,10H2,1-2H3/t13-/m1/s1. The number of benzene rings is 1. The molecule has 1 aliphatic heterocycles. The van der Waals surface area contributed by atoms with Gasteiger partial charge in [0.2, 0.25) is 0 Å². The van der Waals surface area contributed by atoms with E-state index in [0.29, 0.717) is 17.1 Å². The Morgan fingerprint density at radius 3 is 2.87 bits per heavy atom. The number of carbonyl (C=O) groups is 1. The van der Waals surface area contributed by atoms with Crippen molar-refractivity contribution >= 4 is 17.2 Å². The van der Waals surface area contributed by atoms with Crippen LogP contribution in [-0.2, 0) is 0 Å². The summed E-state index contributed by atoms with van der Waals surface area (Å²) in [5.74, 6) is 1.03. The van der Waals surface area contributed by atoms with Crippen molar-refractivity contribution in [2.75, 3.05) is 20.8 Å². The monoisotopic (exact) mass is 332 g/mol. The van der Waals surface area contributed by atoms with Gasteiger partial charge in [-0.2, -0.15) is 0 Å². The molecule has 0 aliphatic carbocycles. The van der Waals surface area contributed by atoms with Gasteiger partial charge in [-0.05, 0) is 31.4 Å². The summed E-state index contributed by atoms with van der Waals surface area (Å²) in [7, 11) is 3.13. The van der Waals surface area contributed by atoms with E-state index >= 15 is 0 Å². The van der Waals surface area contributed by atoms with Crippen molar-refractivity contribution in [3.63, 3.8) is 0 Å². The molecule has 1 saturated heterocycles. The van der Waals surface area contributed by atoms with Crippen LogP contribution in [0, 0.1) is 0 Å². The predicted octanol–water partition coefficient (Wildman–Crippen LogP) is 3.53. The lowest BCUT2D eigenvalue weighted by molar-refractivity contribution is 0.0607. The third kappa shape index (κ3) is 3.03. The second kappa shape index (κ2) is 7.00. The minimum atomic E-state index is -0.0272. The first-order chi connectivity index (χ1) is 11.3. The van der Waals surface area contributed by atoms with Gasteiger partial charge in [0.1, 0.15) is 5.01 Å². The fourth-order valence-corrected chi connectivity index (χ4v) is 3.83. The summed E-state index contributed by atoms with van der Waals surface area (Å²) in [6.07, 6.45) is 4.87. The van der Waals surface area contributed by atoms with E-state index < -0.39 is 0 Å². The maximum Gasteiger partial charge on any atom is 0.258 e. The normalized spacial score (nSPS) is 17.8. The number of amides is 1. The van der Waals surface area contributed by atoms with E-state index in [-0.39, 0.29) is 11.9 Å². The van der Waals surface area contributed by atoms with E-state index in [9.17, 15) is 4.79 Å². The molecule has 1 atom stereocenters. The zero-order valence-electron chi connectivity index (χ0n) is 13.3. The molecule has 1 aromatic heterocycles. The molecule has 5 nitrogen and oxygen atoms in total. The second-order valence-corrected chi connectivity index (χ2v) is 6.35. The van der Waals surface area contributed by atoms with Gasteiger partial charge in [-0.3, -0.25) is 4.79 Å². The number of thiazole rings is 1. The van der Waals surface area contributed by atoms with Crippen molar-refractivity contribution < 1.29 is 14.3 Å². The van der Waals surface area contributed by atoms with Gasteiger partial charge in [-0.25, -0.2) is 4.98 Å². The topological polar surface area (TPSA) is 51.7 Å². The Balaban J connectivity index is 1.95. The second-order valence-electron chi connectivity index (χ2n) is 5.42. The maximum absolute atomic E-state index is 13.1. The minimum absolute atomic E-state index is 0.0272. The SMILES string of the molecule is COc1cccc(C(=O)N2CCCC[C@@H]2c2nccs2)c1OC. The highest BCUT2D eigenvalue weighted by Gasteiger charge is 2.32. The van der Waals surface area contributed by atoms with Gasteiger partial charge in [0.15, 0.2) is 11.5 Å².